The van der Waals surface area contributed by atoms with Crippen molar-refractivity contribution in [1.82, 2.24) is 5.32 Å². The normalized spacial score (nSPS) is 16.5. The molecule has 1 aliphatic heterocycles. The molecule has 0 atom stereocenters. The van der Waals surface area contributed by atoms with E-state index >= 15 is 0 Å². The maximum Gasteiger partial charge on any atom is 0.217 e. The van der Waals surface area contributed by atoms with Gasteiger partial charge in [0.25, 0.3) is 0 Å². The SMILES string of the molecule is CC(=O)NC1CCN(c2c(Cl)cccc2CN)CC1. The zero-order valence-corrected chi connectivity index (χ0v) is 11.9. The van der Waals surface area contributed by atoms with Crippen molar-refractivity contribution in [2.24, 2.45) is 5.73 Å². The molecule has 0 saturated carbocycles. The summed E-state index contributed by atoms with van der Waals surface area (Å²) in [7, 11) is 0. The second-order valence-corrected chi connectivity index (χ2v) is 5.32. The fourth-order valence-corrected chi connectivity index (χ4v) is 2.93. The van der Waals surface area contributed by atoms with Crippen molar-refractivity contribution in [3.63, 3.8) is 0 Å². The number of carbonyl (C=O) groups excluding carboxylic acids is 1. The molecule has 5 heteroatoms. The highest BCUT2D eigenvalue weighted by Crippen LogP contribution is 2.31. The van der Waals surface area contributed by atoms with Gasteiger partial charge in [0.15, 0.2) is 0 Å². The fraction of sp³-hybridized carbons (Fsp3) is 0.500. The van der Waals surface area contributed by atoms with Gasteiger partial charge in [0.05, 0.1) is 10.7 Å². The van der Waals surface area contributed by atoms with Crippen molar-refractivity contribution >= 4 is 23.2 Å². The molecule has 1 fully saturated rings. The third-order valence-electron chi connectivity index (χ3n) is 3.51. The molecule has 0 bridgehead atoms. The first-order valence-electron chi connectivity index (χ1n) is 6.61. The van der Waals surface area contributed by atoms with E-state index in [1.165, 1.54) is 0 Å². The largest absolute Gasteiger partial charge is 0.370 e. The minimum Gasteiger partial charge on any atom is -0.370 e. The lowest BCUT2D eigenvalue weighted by atomic mass is 10.0. The Morgan fingerprint density at radius 2 is 2.16 bits per heavy atom. The first-order valence-corrected chi connectivity index (χ1v) is 6.99. The highest BCUT2D eigenvalue weighted by atomic mass is 35.5. The van der Waals surface area contributed by atoms with Gasteiger partial charge in [-0.1, -0.05) is 23.7 Å². The summed E-state index contributed by atoms with van der Waals surface area (Å²) in [5.41, 5.74) is 7.90. The van der Waals surface area contributed by atoms with Crippen LogP contribution in [-0.4, -0.2) is 25.0 Å². The number of nitrogens with zero attached hydrogens (tertiary/aromatic N) is 1. The molecule has 4 nitrogen and oxygen atoms in total. The van der Waals surface area contributed by atoms with Crippen molar-refractivity contribution in [2.75, 3.05) is 18.0 Å². The zero-order valence-electron chi connectivity index (χ0n) is 11.2. The lowest BCUT2D eigenvalue weighted by Gasteiger charge is -2.35. The summed E-state index contributed by atoms with van der Waals surface area (Å²) in [6.07, 6.45) is 1.88. The molecular formula is C14H20ClN3O. The Balaban J connectivity index is 2.07. The van der Waals surface area contributed by atoms with Crippen LogP contribution in [0, 0.1) is 0 Å². The second kappa shape index (κ2) is 6.26. The molecule has 1 aromatic carbocycles. The maximum absolute atomic E-state index is 11.1. The minimum atomic E-state index is 0.0406. The average molecular weight is 282 g/mol. The lowest BCUT2D eigenvalue weighted by molar-refractivity contribution is -0.119. The van der Waals surface area contributed by atoms with Crippen molar-refractivity contribution in [3.8, 4) is 0 Å². The molecule has 0 aliphatic carbocycles. The fourth-order valence-electron chi connectivity index (χ4n) is 2.61. The molecule has 104 valence electrons. The van der Waals surface area contributed by atoms with Crippen molar-refractivity contribution in [3.05, 3.63) is 28.8 Å². The second-order valence-electron chi connectivity index (χ2n) is 4.91. The topological polar surface area (TPSA) is 58.4 Å². The molecule has 1 saturated heterocycles. The number of amides is 1. The average Bonchev–Trinajstić information content (AvgIpc) is 2.39. The smallest absolute Gasteiger partial charge is 0.217 e. The van der Waals surface area contributed by atoms with Crippen LogP contribution >= 0.6 is 11.6 Å². The van der Waals surface area contributed by atoms with Crippen LogP contribution in [0.5, 0.6) is 0 Å². The number of hydrogen-bond acceptors (Lipinski definition) is 3. The van der Waals surface area contributed by atoms with Gasteiger partial charge in [-0.3, -0.25) is 4.79 Å². The Hall–Kier alpha value is -1.26. The third-order valence-corrected chi connectivity index (χ3v) is 3.81. The number of nitrogens with two attached hydrogens (primary N) is 1. The van der Waals surface area contributed by atoms with E-state index in [1.807, 2.05) is 18.2 Å². The molecule has 1 aromatic rings. The molecule has 1 amide bonds. The van der Waals surface area contributed by atoms with Gasteiger partial charge in [0.1, 0.15) is 0 Å². The summed E-state index contributed by atoms with van der Waals surface area (Å²) in [6.45, 7) is 3.83. The highest BCUT2D eigenvalue weighted by Gasteiger charge is 2.22. The molecule has 0 radical (unpaired) electrons. The van der Waals surface area contributed by atoms with Gasteiger partial charge >= 0.3 is 0 Å². The van der Waals surface area contributed by atoms with E-state index in [4.69, 9.17) is 17.3 Å². The first kappa shape index (κ1) is 14.2. The molecular weight excluding hydrogens is 262 g/mol. The molecule has 19 heavy (non-hydrogen) atoms. The predicted molar refractivity (Wildman–Crippen MR) is 78.4 cm³/mol. The number of hydrogen-bond donors (Lipinski definition) is 2. The Bertz CT molecular complexity index is 456. The van der Waals surface area contributed by atoms with E-state index in [1.54, 1.807) is 6.92 Å². The molecule has 1 aliphatic rings. The van der Waals surface area contributed by atoms with Crippen LogP contribution in [0.25, 0.3) is 0 Å². The van der Waals surface area contributed by atoms with Crippen LogP contribution in [0.4, 0.5) is 5.69 Å². The van der Waals surface area contributed by atoms with Gasteiger partial charge < -0.3 is 16.0 Å². The molecule has 1 heterocycles. The van der Waals surface area contributed by atoms with Crippen molar-refractivity contribution < 1.29 is 4.79 Å². The Morgan fingerprint density at radius 3 is 2.74 bits per heavy atom. The van der Waals surface area contributed by atoms with Crippen molar-refractivity contribution in [1.29, 1.82) is 0 Å². The molecule has 0 unspecified atom stereocenters. The molecule has 0 aromatic heterocycles. The van der Waals surface area contributed by atoms with Gasteiger partial charge in [-0.15, -0.1) is 0 Å². The summed E-state index contributed by atoms with van der Waals surface area (Å²) in [5, 5.41) is 3.72. The van der Waals surface area contributed by atoms with E-state index in [9.17, 15) is 4.79 Å². The number of rotatable bonds is 3. The maximum atomic E-state index is 11.1. The number of anilines is 1. The van der Waals surface area contributed by atoms with Crippen LogP contribution in [0.1, 0.15) is 25.3 Å². The van der Waals surface area contributed by atoms with E-state index in [0.29, 0.717) is 6.54 Å². The molecule has 0 spiro atoms. The van der Waals surface area contributed by atoms with Gasteiger partial charge in [-0.2, -0.15) is 0 Å². The zero-order chi connectivity index (χ0) is 13.8. The highest BCUT2D eigenvalue weighted by molar-refractivity contribution is 6.33. The summed E-state index contributed by atoms with van der Waals surface area (Å²) in [4.78, 5) is 13.3. The van der Waals surface area contributed by atoms with E-state index < -0.39 is 0 Å². The van der Waals surface area contributed by atoms with Crippen LogP contribution in [0.15, 0.2) is 18.2 Å². The van der Waals surface area contributed by atoms with Gasteiger partial charge in [-0.25, -0.2) is 0 Å². The van der Waals surface area contributed by atoms with Crippen LogP contribution in [0.2, 0.25) is 5.02 Å². The van der Waals surface area contributed by atoms with Crippen LogP contribution in [-0.2, 0) is 11.3 Å². The summed E-state index contributed by atoms with van der Waals surface area (Å²) in [6, 6.07) is 6.12. The lowest BCUT2D eigenvalue weighted by Crippen LogP contribution is -2.44. The number of halogens is 1. The Labute approximate surface area is 118 Å². The number of para-hydroxylation sites is 1. The molecule has 3 N–H and O–H groups in total. The number of piperidine rings is 1. The van der Waals surface area contributed by atoms with Gasteiger partial charge in [-0.05, 0) is 24.5 Å². The first-order chi connectivity index (χ1) is 9.11. The predicted octanol–water partition coefficient (Wildman–Crippen LogP) is 1.90. The number of nitrogens with one attached hydrogen (secondary N) is 1. The van der Waals surface area contributed by atoms with Gasteiger partial charge in [0.2, 0.25) is 5.91 Å². The summed E-state index contributed by atoms with van der Waals surface area (Å²) in [5.74, 6) is 0.0406. The number of benzene rings is 1. The molecule has 2 rings (SSSR count). The van der Waals surface area contributed by atoms with E-state index in [-0.39, 0.29) is 11.9 Å². The van der Waals surface area contributed by atoms with Crippen LogP contribution in [0.3, 0.4) is 0 Å². The quantitative estimate of drug-likeness (QED) is 0.890. The van der Waals surface area contributed by atoms with E-state index in [0.717, 1.165) is 42.2 Å². The Morgan fingerprint density at radius 1 is 1.47 bits per heavy atom. The Kier molecular flexibility index (Phi) is 4.66. The third kappa shape index (κ3) is 3.39. The van der Waals surface area contributed by atoms with Crippen LogP contribution < -0.4 is 16.0 Å². The van der Waals surface area contributed by atoms with Gasteiger partial charge in [0, 0.05) is 32.6 Å². The summed E-state index contributed by atoms with van der Waals surface area (Å²) >= 11 is 6.30. The van der Waals surface area contributed by atoms with Crippen molar-refractivity contribution in [2.45, 2.75) is 32.4 Å². The minimum absolute atomic E-state index is 0.0406. The summed E-state index contributed by atoms with van der Waals surface area (Å²) < 4.78 is 0. The van der Waals surface area contributed by atoms with E-state index in [2.05, 4.69) is 10.2 Å². The standard InChI is InChI=1S/C14H20ClN3O/c1-10(19)17-12-5-7-18(8-6-12)14-11(9-16)3-2-4-13(14)15/h2-4,12H,5-9,16H2,1H3,(H,17,19). The number of carbonyl (C=O) groups is 1. The monoisotopic (exact) mass is 281 g/mol.